The van der Waals surface area contributed by atoms with Crippen LogP contribution in [0.4, 0.5) is 8.78 Å². The SMILES string of the molecule is C[C@H](NC(=O)[C@@H](O)c1cc(F)cc(F)c1)C(=O)N[C@H]1CC(c2ccccc2)=C[C@@H](c2ccccc2)NC1=O. The van der Waals surface area contributed by atoms with E-state index in [9.17, 15) is 28.3 Å². The van der Waals surface area contributed by atoms with Crippen LogP contribution in [0.15, 0.2) is 84.9 Å². The molecular weight excluding hydrogens is 492 g/mol. The lowest BCUT2D eigenvalue weighted by Crippen LogP contribution is -2.53. The molecule has 0 bridgehead atoms. The van der Waals surface area contributed by atoms with Gasteiger partial charge in [0.25, 0.3) is 5.91 Å². The zero-order chi connectivity index (χ0) is 27.2. The van der Waals surface area contributed by atoms with Crippen LogP contribution in [0.2, 0.25) is 0 Å². The highest BCUT2D eigenvalue weighted by molar-refractivity contribution is 5.94. The van der Waals surface area contributed by atoms with E-state index in [0.717, 1.165) is 28.8 Å². The number of halogens is 2. The Hall–Kier alpha value is -4.37. The summed E-state index contributed by atoms with van der Waals surface area (Å²) in [6.45, 7) is 1.38. The number of carbonyl (C=O) groups excluding carboxylic acids is 3. The van der Waals surface area contributed by atoms with Crippen LogP contribution < -0.4 is 16.0 Å². The summed E-state index contributed by atoms with van der Waals surface area (Å²) in [5.41, 5.74) is 2.34. The van der Waals surface area contributed by atoms with Crippen LogP contribution in [0.1, 0.15) is 42.2 Å². The minimum Gasteiger partial charge on any atom is -0.378 e. The summed E-state index contributed by atoms with van der Waals surface area (Å²) >= 11 is 0. The molecule has 1 heterocycles. The van der Waals surface area contributed by atoms with Crippen molar-refractivity contribution in [3.05, 3.63) is 113 Å². The fourth-order valence-electron chi connectivity index (χ4n) is 4.24. The van der Waals surface area contributed by atoms with Crippen LogP contribution in [0.25, 0.3) is 5.57 Å². The average Bonchev–Trinajstić information content (AvgIpc) is 3.07. The lowest BCUT2D eigenvalue weighted by Gasteiger charge is -2.22. The van der Waals surface area contributed by atoms with Gasteiger partial charge in [-0.2, -0.15) is 0 Å². The first-order valence-corrected chi connectivity index (χ1v) is 12.1. The van der Waals surface area contributed by atoms with Crippen molar-refractivity contribution < 1.29 is 28.3 Å². The van der Waals surface area contributed by atoms with E-state index in [4.69, 9.17) is 0 Å². The molecule has 0 spiro atoms. The quantitative estimate of drug-likeness (QED) is 0.384. The van der Waals surface area contributed by atoms with Gasteiger partial charge >= 0.3 is 0 Å². The van der Waals surface area contributed by atoms with Crippen LogP contribution in [0.3, 0.4) is 0 Å². The van der Waals surface area contributed by atoms with Crippen molar-refractivity contribution in [2.24, 2.45) is 0 Å². The molecule has 1 aliphatic heterocycles. The molecule has 0 radical (unpaired) electrons. The van der Waals surface area contributed by atoms with E-state index in [1.54, 1.807) is 0 Å². The monoisotopic (exact) mass is 519 g/mol. The van der Waals surface area contributed by atoms with Gasteiger partial charge in [0.05, 0.1) is 6.04 Å². The summed E-state index contributed by atoms with van der Waals surface area (Å²) in [4.78, 5) is 38.5. The van der Waals surface area contributed by atoms with Gasteiger partial charge in [-0.05, 0) is 41.3 Å². The number of hydrogen-bond donors (Lipinski definition) is 4. The third-order valence-electron chi connectivity index (χ3n) is 6.23. The number of aliphatic hydroxyl groups is 1. The number of aliphatic hydroxyl groups excluding tert-OH is 1. The Morgan fingerprint density at radius 3 is 2.18 bits per heavy atom. The molecule has 0 aromatic heterocycles. The Bertz CT molecular complexity index is 1330. The normalized spacial score (nSPS) is 18.8. The average molecular weight is 520 g/mol. The Morgan fingerprint density at radius 1 is 0.947 bits per heavy atom. The van der Waals surface area contributed by atoms with E-state index < -0.39 is 53.6 Å². The van der Waals surface area contributed by atoms with Crippen LogP contribution in [0, 0.1) is 11.6 Å². The topological polar surface area (TPSA) is 108 Å². The molecule has 4 atom stereocenters. The van der Waals surface area contributed by atoms with E-state index in [1.807, 2.05) is 66.7 Å². The van der Waals surface area contributed by atoms with Crippen molar-refractivity contribution in [2.45, 2.75) is 37.6 Å². The standard InChI is InChI=1S/C29H27F2N3O4/c1-17(32-29(38)26(35)21-12-22(30)16-23(31)13-21)27(36)34-25-15-20(18-8-4-2-5-9-18)14-24(33-28(25)37)19-10-6-3-7-11-19/h2-14,16-17,24-26,35H,15H2,1H3,(H,32,38)(H,33,37)(H,34,36)/t17-,24-,25-,26-/m0/s1. The molecule has 3 aromatic carbocycles. The molecule has 3 amide bonds. The van der Waals surface area contributed by atoms with Gasteiger partial charge in [0, 0.05) is 12.5 Å². The number of benzene rings is 3. The summed E-state index contributed by atoms with van der Waals surface area (Å²) in [6, 6.07) is 18.7. The second kappa shape index (κ2) is 11.8. The molecule has 0 unspecified atom stereocenters. The highest BCUT2D eigenvalue weighted by Crippen LogP contribution is 2.28. The van der Waals surface area contributed by atoms with Gasteiger partial charge in [-0.1, -0.05) is 66.7 Å². The number of rotatable bonds is 7. The third-order valence-corrected chi connectivity index (χ3v) is 6.23. The molecule has 196 valence electrons. The number of nitrogens with one attached hydrogen (secondary N) is 3. The molecule has 0 saturated heterocycles. The summed E-state index contributed by atoms with van der Waals surface area (Å²) in [7, 11) is 0. The van der Waals surface area contributed by atoms with Gasteiger partial charge in [-0.25, -0.2) is 8.78 Å². The first-order valence-electron chi connectivity index (χ1n) is 12.1. The Morgan fingerprint density at radius 2 is 1.55 bits per heavy atom. The first-order chi connectivity index (χ1) is 18.2. The fourth-order valence-corrected chi connectivity index (χ4v) is 4.24. The lowest BCUT2D eigenvalue weighted by atomic mass is 9.96. The van der Waals surface area contributed by atoms with Gasteiger partial charge in [-0.3, -0.25) is 14.4 Å². The predicted octanol–water partition coefficient (Wildman–Crippen LogP) is 3.33. The zero-order valence-corrected chi connectivity index (χ0v) is 20.5. The largest absolute Gasteiger partial charge is 0.378 e. The van der Waals surface area contributed by atoms with Crippen molar-refractivity contribution in [1.29, 1.82) is 0 Å². The Balaban J connectivity index is 1.48. The van der Waals surface area contributed by atoms with E-state index in [-0.39, 0.29) is 12.0 Å². The summed E-state index contributed by atoms with van der Waals surface area (Å²) in [6.07, 6.45) is 0.265. The molecule has 0 saturated carbocycles. The van der Waals surface area contributed by atoms with Gasteiger partial charge in [0.2, 0.25) is 11.8 Å². The van der Waals surface area contributed by atoms with E-state index in [0.29, 0.717) is 6.07 Å². The molecule has 0 fully saturated rings. The number of hydrogen-bond acceptors (Lipinski definition) is 4. The van der Waals surface area contributed by atoms with Gasteiger partial charge in [-0.15, -0.1) is 0 Å². The van der Waals surface area contributed by atoms with Crippen molar-refractivity contribution in [3.63, 3.8) is 0 Å². The first kappa shape index (κ1) is 26.7. The molecule has 38 heavy (non-hydrogen) atoms. The fraction of sp³-hybridized carbons (Fsp3) is 0.207. The smallest absolute Gasteiger partial charge is 0.254 e. The predicted molar refractivity (Wildman–Crippen MR) is 137 cm³/mol. The molecule has 9 heteroatoms. The molecule has 1 aliphatic rings. The van der Waals surface area contributed by atoms with Crippen LogP contribution in [-0.4, -0.2) is 34.9 Å². The molecule has 0 aliphatic carbocycles. The highest BCUT2D eigenvalue weighted by atomic mass is 19.1. The Labute approximate surface area is 218 Å². The minimum absolute atomic E-state index is 0.205. The Kier molecular flexibility index (Phi) is 8.28. The summed E-state index contributed by atoms with van der Waals surface area (Å²) < 4.78 is 26.9. The van der Waals surface area contributed by atoms with Crippen LogP contribution >= 0.6 is 0 Å². The highest BCUT2D eigenvalue weighted by Gasteiger charge is 2.31. The van der Waals surface area contributed by atoms with Crippen molar-refractivity contribution in [1.82, 2.24) is 16.0 Å². The van der Waals surface area contributed by atoms with Crippen LogP contribution in [-0.2, 0) is 14.4 Å². The second-order valence-electron chi connectivity index (χ2n) is 9.06. The summed E-state index contributed by atoms with van der Waals surface area (Å²) in [5.74, 6) is -3.98. The van der Waals surface area contributed by atoms with Crippen LogP contribution in [0.5, 0.6) is 0 Å². The third kappa shape index (κ3) is 6.49. The van der Waals surface area contributed by atoms with Gasteiger partial charge in [0.1, 0.15) is 23.7 Å². The molecular formula is C29H27F2N3O4. The molecule has 7 nitrogen and oxygen atoms in total. The van der Waals surface area contributed by atoms with Gasteiger partial charge in [0.15, 0.2) is 6.10 Å². The maximum absolute atomic E-state index is 13.5. The van der Waals surface area contributed by atoms with E-state index in [2.05, 4.69) is 16.0 Å². The van der Waals surface area contributed by atoms with E-state index in [1.165, 1.54) is 6.92 Å². The van der Waals surface area contributed by atoms with Gasteiger partial charge < -0.3 is 21.1 Å². The second-order valence-corrected chi connectivity index (χ2v) is 9.06. The maximum atomic E-state index is 13.5. The number of carbonyl (C=O) groups is 3. The summed E-state index contributed by atoms with van der Waals surface area (Å²) in [5, 5.41) is 18.2. The lowest BCUT2D eigenvalue weighted by molar-refractivity contribution is -0.135. The van der Waals surface area contributed by atoms with Crippen molar-refractivity contribution in [2.75, 3.05) is 0 Å². The molecule has 4 N–H and O–H groups in total. The van der Waals surface area contributed by atoms with Crippen molar-refractivity contribution >= 4 is 23.3 Å². The van der Waals surface area contributed by atoms with Crippen molar-refractivity contribution in [3.8, 4) is 0 Å². The van der Waals surface area contributed by atoms with E-state index >= 15 is 0 Å². The maximum Gasteiger partial charge on any atom is 0.254 e. The zero-order valence-electron chi connectivity index (χ0n) is 20.5. The minimum atomic E-state index is -1.89. The number of amides is 3. The molecule has 4 rings (SSSR count). The molecule has 3 aromatic rings.